The molecular weight excluding hydrogens is 252 g/mol. The molecule has 0 atom stereocenters. The zero-order valence-electron chi connectivity index (χ0n) is 11.3. The van der Waals surface area contributed by atoms with Crippen LogP contribution in [-0.4, -0.2) is 27.2 Å². The molecule has 0 saturated carbocycles. The number of nitrogens with zero attached hydrogens (tertiary/aromatic N) is 3. The van der Waals surface area contributed by atoms with Gasteiger partial charge in [-0.15, -0.1) is 0 Å². The Kier molecular flexibility index (Phi) is 2.95. The Bertz CT molecular complexity index is 791. The fraction of sp³-hybridized carbons (Fsp3) is 0.133. The van der Waals surface area contributed by atoms with E-state index in [9.17, 15) is 4.79 Å². The maximum Gasteiger partial charge on any atom is 0.180 e. The van der Waals surface area contributed by atoms with Crippen molar-refractivity contribution in [3.63, 3.8) is 0 Å². The van der Waals surface area contributed by atoms with Gasteiger partial charge < -0.3 is 5.32 Å². The van der Waals surface area contributed by atoms with Gasteiger partial charge in [-0.05, 0) is 13.0 Å². The van der Waals surface area contributed by atoms with Gasteiger partial charge in [0.15, 0.2) is 17.2 Å². The lowest BCUT2D eigenvalue weighted by Crippen LogP contribution is -1.98. The van der Waals surface area contributed by atoms with E-state index in [-0.39, 0.29) is 5.78 Å². The van der Waals surface area contributed by atoms with E-state index < -0.39 is 0 Å². The summed E-state index contributed by atoms with van der Waals surface area (Å²) >= 11 is 0. The molecule has 0 fully saturated rings. The smallest absolute Gasteiger partial charge is 0.180 e. The average molecular weight is 266 g/mol. The third-order valence-electron chi connectivity index (χ3n) is 3.23. The lowest BCUT2D eigenvalue weighted by atomic mass is 10.1. The van der Waals surface area contributed by atoms with E-state index in [2.05, 4.69) is 15.3 Å². The van der Waals surface area contributed by atoms with Crippen molar-refractivity contribution >= 4 is 17.2 Å². The van der Waals surface area contributed by atoms with Gasteiger partial charge in [0.1, 0.15) is 0 Å². The molecule has 3 rings (SSSR count). The van der Waals surface area contributed by atoms with Gasteiger partial charge in [-0.3, -0.25) is 9.20 Å². The second-order valence-electron chi connectivity index (χ2n) is 4.50. The minimum Gasteiger partial charge on any atom is -0.370 e. The summed E-state index contributed by atoms with van der Waals surface area (Å²) in [6.45, 7) is 1.57. The number of hydrogen-bond acceptors (Lipinski definition) is 4. The summed E-state index contributed by atoms with van der Waals surface area (Å²) in [7, 11) is 1.81. The first-order valence-corrected chi connectivity index (χ1v) is 6.32. The summed E-state index contributed by atoms with van der Waals surface area (Å²) < 4.78 is 1.96. The zero-order chi connectivity index (χ0) is 14.1. The molecule has 2 aromatic heterocycles. The summed E-state index contributed by atoms with van der Waals surface area (Å²) in [6.07, 6.45) is 5.37. The molecule has 0 aliphatic heterocycles. The molecule has 1 aromatic carbocycles. The molecule has 0 amide bonds. The maximum absolute atomic E-state index is 11.5. The first kappa shape index (κ1) is 12.3. The predicted octanol–water partition coefficient (Wildman–Crippen LogP) is 2.64. The van der Waals surface area contributed by atoms with Crippen LogP contribution in [-0.2, 0) is 0 Å². The number of aromatic nitrogens is 3. The summed E-state index contributed by atoms with van der Waals surface area (Å²) in [5.41, 5.74) is 3.35. The van der Waals surface area contributed by atoms with E-state index >= 15 is 0 Å². The van der Waals surface area contributed by atoms with Gasteiger partial charge in [0.25, 0.3) is 0 Å². The Balaban J connectivity index is 2.20. The van der Waals surface area contributed by atoms with Crippen LogP contribution in [0.25, 0.3) is 16.9 Å². The maximum atomic E-state index is 11.5. The molecule has 3 aromatic rings. The van der Waals surface area contributed by atoms with Crippen molar-refractivity contribution < 1.29 is 4.79 Å². The number of benzene rings is 1. The van der Waals surface area contributed by atoms with Crippen LogP contribution in [0.2, 0.25) is 0 Å². The minimum absolute atomic E-state index is 0.0539. The Hall–Kier alpha value is -2.69. The van der Waals surface area contributed by atoms with Crippen LogP contribution in [0.15, 0.2) is 42.9 Å². The van der Waals surface area contributed by atoms with Crippen molar-refractivity contribution in [1.82, 2.24) is 14.4 Å². The number of anilines is 1. The number of ketones is 1. The highest BCUT2D eigenvalue weighted by Crippen LogP contribution is 2.24. The fourth-order valence-electron chi connectivity index (χ4n) is 2.21. The molecule has 0 bridgehead atoms. The highest BCUT2D eigenvalue weighted by Gasteiger charge is 2.10. The van der Waals surface area contributed by atoms with Crippen molar-refractivity contribution in [3.05, 3.63) is 48.4 Å². The molecule has 1 N–H and O–H groups in total. The van der Waals surface area contributed by atoms with E-state index in [0.717, 1.165) is 22.7 Å². The summed E-state index contributed by atoms with van der Waals surface area (Å²) in [4.78, 5) is 20.1. The van der Waals surface area contributed by atoms with Crippen LogP contribution < -0.4 is 5.32 Å². The highest BCUT2D eigenvalue weighted by molar-refractivity contribution is 5.95. The van der Waals surface area contributed by atoms with E-state index in [1.807, 2.05) is 41.9 Å². The molecule has 0 radical (unpaired) electrons. The summed E-state index contributed by atoms with van der Waals surface area (Å²) in [6, 6.07) is 7.54. The topological polar surface area (TPSA) is 59.3 Å². The molecular formula is C15H14N4O. The fourth-order valence-corrected chi connectivity index (χ4v) is 2.21. The molecule has 5 nitrogen and oxygen atoms in total. The monoisotopic (exact) mass is 266 g/mol. The average Bonchev–Trinajstić information content (AvgIpc) is 2.91. The molecule has 100 valence electrons. The van der Waals surface area contributed by atoms with E-state index in [1.54, 1.807) is 19.3 Å². The Labute approximate surface area is 116 Å². The first-order valence-electron chi connectivity index (χ1n) is 6.32. The molecule has 0 unspecified atom stereocenters. The van der Waals surface area contributed by atoms with Gasteiger partial charge in [0.05, 0.1) is 11.9 Å². The number of carbonyl (C=O) groups excluding carboxylic acids is 1. The van der Waals surface area contributed by atoms with Crippen LogP contribution in [0, 0.1) is 0 Å². The number of hydrogen-bond donors (Lipinski definition) is 1. The van der Waals surface area contributed by atoms with Crippen molar-refractivity contribution in [2.24, 2.45) is 0 Å². The normalized spacial score (nSPS) is 10.7. The lowest BCUT2D eigenvalue weighted by Gasteiger charge is -2.05. The number of rotatable bonds is 3. The van der Waals surface area contributed by atoms with Crippen molar-refractivity contribution in [2.75, 3.05) is 12.4 Å². The molecule has 0 aliphatic rings. The molecule has 2 heterocycles. The minimum atomic E-state index is 0.0539. The van der Waals surface area contributed by atoms with Gasteiger partial charge in [-0.2, -0.15) is 0 Å². The first-order chi connectivity index (χ1) is 9.70. The standard InChI is InChI=1S/C15H14N4O/c1-10(20)11-4-3-5-12(8-11)13-9-18-15-14(16-2)17-6-7-19(13)15/h3-9H,1-2H3,(H,16,17). The van der Waals surface area contributed by atoms with Crippen LogP contribution in [0.1, 0.15) is 17.3 Å². The van der Waals surface area contributed by atoms with Crippen molar-refractivity contribution in [1.29, 1.82) is 0 Å². The van der Waals surface area contributed by atoms with E-state index in [1.165, 1.54) is 0 Å². The lowest BCUT2D eigenvalue weighted by molar-refractivity contribution is 0.101. The number of carbonyl (C=O) groups is 1. The van der Waals surface area contributed by atoms with Gasteiger partial charge in [-0.25, -0.2) is 9.97 Å². The van der Waals surface area contributed by atoms with Crippen LogP contribution >= 0.6 is 0 Å². The van der Waals surface area contributed by atoms with E-state index in [4.69, 9.17) is 0 Å². The molecule has 5 heteroatoms. The second kappa shape index (κ2) is 4.77. The molecule has 0 spiro atoms. The van der Waals surface area contributed by atoms with Crippen LogP contribution in [0.4, 0.5) is 5.82 Å². The molecule has 0 aliphatic carbocycles. The van der Waals surface area contributed by atoms with Crippen molar-refractivity contribution in [2.45, 2.75) is 6.92 Å². The molecule has 20 heavy (non-hydrogen) atoms. The summed E-state index contributed by atoms with van der Waals surface area (Å²) in [5, 5.41) is 3.02. The van der Waals surface area contributed by atoms with Crippen molar-refractivity contribution in [3.8, 4) is 11.3 Å². The summed E-state index contributed by atoms with van der Waals surface area (Å²) in [5.74, 6) is 0.778. The van der Waals surface area contributed by atoms with E-state index in [0.29, 0.717) is 5.56 Å². The zero-order valence-corrected chi connectivity index (χ0v) is 11.3. The third-order valence-corrected chi connectivity index (χ3v) is 3.23. The van der Waals surface area contributed by atoms with Crippen LogP contribution in [0.3, 0.4) is 0 Å². The number of fused-ring (bicyclic) bond motifs is 1. The predicted molar refractivity (Wildman–Crippen MR) is 78.0 cm³/mol. The Morgan fingerprint density at radius 2 is 2.15 bits per heavy atom. The quantitative estimate of drug-likeness (QED) is 0.740. The van der Waals surface area contributed by atoms with Gasteiger partial charge in [0.2, 0.25) is 0 Å². The highest BCUT2D eigenvalue weighted by atomic mass is 16.1. The van der Waals surface area contributed by atoms with Gasteiger partial charge in [-0.1, -0.05) is 18.2 Å². The SMILES string of the molecule is CNc1nccn2c(-c3cccc(C(C)=O)c3)cnc12. The third kappa shape index (κ3) is 1.93. The van der Waals surface area contributed by atoms with Gasteiger partial charge >= 0.3 is 0 Å². The second-order valence-corrected chi connectivity index (χ2v) is 4.50. The largest absolute Gasteiger partial charge is 0.370 e. The Morgan fingerprint density at radius 3 is 2.90 bits per heavy atom. The Morgan fingerprint density at radius 1 is 1.30 bits per heavy atom. The van der Waals surface area contributed by atoms with Gasteiger partial charge in [0, 0.05) is 30.6 Å². The number of imidazole rings is 1. The van der Waals surface area contributed by atoms with Crippen LogP contribution in [0.5, 0.6) is 0 Å². The number of nitrogens with one attached hydrogen (secondary N) is 1. The molecule has 0 saturated heterocycles. The number of Topliss-reactive ketones (excluding diaryl/α,β-unsaturated/α-hetero) is 1.